The van der Waals surface area contributed by atoms with Crippen molar-refractivity contribution >= 4 is 27.4 Å². The number of ketones is 1. The number of carbonyl (C=O) groups excluding carboxylic acids is 1. The van der Waals surface area contributed by atoms with Gasteiger partial charge in [0.15, 0.2) is 12.4 Å². The summed E-state index contributed by atoms with van der Waals surface area (Å²) in [6.07, 6.45) is 0. The Hall–Kier alpha value is -2.21. The summed E-state index contributed by atoms with van der Waals surface area (Å²) in [6.45, 7) is 1.72. The van der Waals surface area contributed by atoms with Crippen LogP contribution in [0.4, 0.5) is 5.69 Å². The van der Waals surface area contributed by atoms with Crippen molar-refractivity contribution in [3.8, 4) is 5.75 Å². The van der Waals surface area contributed by atoms with E-state index in [4.69, 9.17) is 4.74 Å². The van der Waals surface area contributed by atoms with E-state index in [9.17, 15) is 14.9 Å². The van der Waals surface area contributed by atoms with Gasteiger partial charge in [0.25, 0.3) is 5.69 Å². The van der Waals surface area contributed by atoms with Crippen molar-refractivity contribution < 1.29 is 14.5 Å². The van der Waals surface area contributed by atoms with Crippen LogP contribution in [0.2, 0.25) is 0 Å². The standard InChI is InChI=1S/C15H12BrNO4/c1-10-4-2-5-11(8-10)13(18)9-21-14-7-3-6-12(15(14)16)17(19)20/h2-8H,9H2,1H3. The summed E-state index contributed by atoms with van der Waals surface area (Å²) in [5, 5.41) is 10.8. The maximum atomic E-state index is 12.0. The molecule has 0 radical (unpaired) electrons. The van der Waals surface area contributed by atoms with Gasteiger partial charge in [-0.05, 0) is 35.0 Å². The van der Waals surface area contributed by atoms with E-state index in [2.05, 4.69) is 15.9 Å². The van der Waals surface area contributed by atoms with Gasteiger partial charge in [0.1, 0.15) is 10.2 Å². The lowest BCUT2D eigenvalue weighted by Crippen LogP contribution is -2.12. The highest BCUT2D eigenvalue weighted by Gasteiger charge is 2.17. The largest absolute Gasteiger partial charge is 0.484 e. The molecule has 6 heteroatoms. The molecule has 0 amide bonds. The third-order valence-corrected chi connectivity index (χ3v) is 3.64. The molecular weight excluding hydrogens is 338 g/mol. The van der Waals surface area contributed by atoms with Crippen molar-refractivity contribution in [3.63, 3.8) is 0 Å². The highest BCUT2D eigenvalue weighted by atomic mass is 79.9. The second-order valence-electron chi connectivity index (χ2n) is 4.43. The molecule has 21 heavy (non-hydrogen) atoms. The van der Waals surface area contributed by atoms with Gasteiger partial charge in [-0.15, -0.1) is 0 Å². The molecule has 0 saturated carbocycles. The Morgan fingerprint density at radius 2 is 2.00 bits per heavy atom. The number of benzene rings is 2. The number of halogens is 1. The Kier molecular flexibility index (Phi) is 4.70. The molecule has 2 aromatic rings. The molecule has 0 aromatic heterocycles. The van der Waals surface area contributed by atoms with Crippen LogP contribution in [0.25, 0.3) is 0 Å². The lowest BCUT2D eigenvalue weighted by Gasteiger charge is -2.08. The van der Waals surface area contributed by atoms with E-state index < -0.39 is 4.92 Å². The minimum absolute atomic E-state index is 0.101. The fourth-order valence-corrected chi connectivity index (χ4v) is 2.32. The molecule has 0 aliphatic rings. The molecule has 0 atom stereocenters. The molecule has 0 saturated heterocycles. The van der Waals surface area contributed by atoms with Gasteiger partial charge < -0.3 is 4.74 Å². The average Bonchev–Trinajstić information content (AvgIpc) is 2.45. The van der Waals surface area contributed by atoms with Gasteiger partial charge >= 0.3 is 0 Å². The van der Waals surface area contributed by atoms with Crippen molar-refractivity contribution in [2.75, 3.05) is 6.61 Å². The normalized spacial score (nSPS) is 10.2. The van der Waals surface area contributed by atoms with Crippen LogP contribution in [0.5, 0.6) is 5.75 Å². The van der Waals surface area contributed by atoms with E-state index in [1.807, 2.05) is 13.0 Å². The van der Waals surface area contributed by atoms with E-state index in [1.165, 1.54) is 12.1 Å². The van der Waals surface area contributed by atoms with Crippen LogP contribution in [-0.4, -0.2) is 17.3 Å². The third kappa shape index (κ3) is 3.66. The number of nitro benzene ring substituents is 1. The number of hydrogen-bond acceptors (Lipinski definition) is 4. The van der Waals surface area contributed by atoms with Crippen LogP contribution in [0.15, 0.2) is 46.9 Å². The van der Waals surface area contributed by atoms with Crippen LogP contribution in [0.3, 0.4) is 0 Å². The van der Waals surface area contributed by atoms with E-state index in [1.54, 1.807) is 24.3 Å². The summed E-state index contributed by atoms with van der Waals surface area (Å²) in [5.41, 5.74) is 1.43. The number of hydrogen-bond donors (Lipinski definition) is 0. The summed E-state index contributed by atoms with van der Waals surface area (Å²) in [7, 11) is 0. The SMILES string of the molecule is Cc1cccc(C(=O)COc2cccc([N+](=O)[O-])c2Br)c1. The van der Waals surface area contributed by atoms with E-state index in [0.717, 1.165) is 5.56 Å². The van der Waals surface area contributed by atoms with E-state index in [0.29, 0.717) is 5.56 Å². The number of carbonyl (C=O) groups is 1. The average molecular weight is 350 g/mol. The first-order valence-electron chi connectivity index (χ1n) is 6.14. The van der Waals surface area contributed by atoms with Crippen LogP contribution < -0.4 is 4.74 Å². The first-order chi connectivity index (χ1) is 9.99. The molecular formula is C15H12BrNO4. The van der Waals surface area contributed by atoms with E-state index >= 15 is 0 Å². The Morgan fingerprint density at radius 1 is 1.29 bits per heavy atom. The summed E-state index contributed by atoms with van der Waals surface area (Å²) in [6, 6.07) is 11.6. The Bertz CT molecular complexity index is 700. The van der Waals surface area contributed by atoms with Crippen molar-refractivity contribution in [1.82, 2.24) is 0 Å². The molecule has 0 aliphatic heterocycles. The van der Waals surface area contributed by atoms with Crippen molar-refractivity contribution in [2.45, 2.75) is 6.92 Å². The van der Waals surface area contributed by atoms with Gasteiger partial charge in [-0.25, -0.2) is 0 Å². The van der Waals surface area contributed by atoms with Crippen LogP contribution in [0, 0.1) is 17.0 Å². The highest BCUT2D eigenvalue weighted by Crippen LogP contribution is 2.33. The molecule has 0 unspecified atom stereocenters. The van der Waals surface area contributed by atoms with Gasteiger partial charge in [0.05, 0.1) is 4.92 Å². The van der Waals surface area contributed by atoms with Crippen molar-refractivity contribution in [2.24, 2.45) is 0 Å². The Balaban J connectivity index is 2.12. The number of aryl methyl sites for hydroxylation is 1. The van der Waals surface area contributed by atoms with Crippen molar-refractivity contribution in [1.29, 1.82) is 0 Å². The minimum Gasteiger partial charge on any atom is -0.484 e. The van der Waals surface area contributed by atoms with Gasteiger partial charge in [-0.3, -0.25) is 14.9 Å². The first kappa shape index (κ1) is 15.2. The number of ether oxygens (including phenoxy) is 1. The molecule has 5 nitrogen and oxygen atoms in total. The maximum absolute atomic E-state index is 12.0. The summed E-state index contributed by atoms with van der Waals surface area (Å²) < 4.78 is 5.61. The lowest BCUT2D eigenvalue weighted by molar-refractivity contribution is -0.385. The van der Waals surface area contributed by atoms with Crippen LogP contribution in [-0.2, 0) is 0 Å². The molecule has 2 rings (SSSR count). The molecule has 2 aromatic carbocycles. The molecule has 0 bridgehead atoms. The predicted molar refractivity (Wildman–Crippen MR) is 81.8 cm³/mol. The fraction of sp³-hybridized carbons (Fsp3) is 0.133. The molecule has 108 valence electrons. The molecule has 0 fully saturated rings. The fourth-order valence-electron chi connectivity index (χ4n) is 1.80. The zero-order valence-corrected chi connectivity index (χ0v) is 12.8. The highest BCUT2D eigenvalue weighted by molar-refractivity contribution is 9.10. The van der Waals surface area contributed by atoms with E-state index in [-0.39, 0.29) is 28.3 Å². The van der Waals surface area contributed by atoms with Gasteiger partial charge in [0, 0.05) is 11.6 Å². The zero-order chi connectivity index (χ0) is 15.4. The monoisotopic (exact) mass is 349 g/mol. The summed E-state index contributed by atoms with van der Waals surface area (Å²) in [4.78, 5) is 22.3. The summed E-state index contributed by atoms with van der Waals surface area (Å²) in [5.74, 6) is 0.0855. The third-order valence-electron chi connectivity index (χ3n) is 2.84. The van der Waals surface area contributed by atoms with Crippen LogP contribution >= 0.6 is 15.9 Å². The van der Waals surface area contributed by atoms with Gasteiger partial charge in [-0.2, -0.15) is 0 Å². The minimum atomic E-state index is -0.515. The molecule has 0 spiro atoms. The number of nitro groups is 1. The zero-order valence-electron chi connectivity index (χ0n) is 11.2. The second-order valence-corrected chi connectivity index (χ2v) is 5.22. The molecule has 0 heterocycles. The molecule has 0 N–H and O–H groups in total. The van der Waals surface area contributed by atoms with Gasteiger partial charge in [0.2, 0.25) is 0 Å². The predicted octanol–water partition coefficient (Wildman–Crippen LogP) is 3.93. The lowest BCUT2D eigenvalue weighted by atomic mass is 10.1. The van der Waals surface area contributed by atoms with Crippen molar-refractivity contribution in [3.05, 3.63) is 68.2 Å². The topological polar surface area (TPSA) is 69.4 Å². The summed E-state index contributed by atoms with van der Waals surface area (Å²) >= 11 is 3.12. The first-order valence-corrected chi connectivity index (χ1v) is 6.94. The Morgan fingerprint density at radius 3 is 2.67 bits per heavy atom. The number of rotatable bonds is 5. The van der Waals surface area contributed by atoms with Crippen LogP contribution in [0.1, 0.15) is 15.9 Å². The maximum Gasteiger partial charge on any atom is 0.287 e. The molecule has 0 aliphatic carbocycles. The quantitative estimate of drug-likeness (QED) is 0.465. The second kappa shape index (κ2) is 6.49. The Labute approximate surface area is 129 Å². The smallest absolute Gasteiger partial charge is 0.287 e. The number of nitrogens with zero attached hydrogens (tertiary/aromatic N) is 1. The number of Topliss-reactive ketones (excluding diaryl/α,β-unsaturated/α-hetero) is 1. The van der Waals surface area contributed by atoms with Gasteiger partial charge in [-0.1, -0.05) is 29.8 Å².